The first-order chi connectivity index (χ1) is 10.6. The summed E-state index contributed by atoms with van der Waals surface area (Å²) >= 11 is 0. The molecule has 0 saturated carbocycles. The van der Waals surface area contributed by atoms with Crippen LogP contribution in [0.25, 0.3) is 0 Å². The number of rotatable bonds is 7. The largest absolute Gasteiger partial charge is 0.444 e. The fourth-order valence-electron chi connectivity index (χ4n) is 1.83. The van der Waals surface area contributed by atoms with Crippen LogP contribution in [0.15, 0.2) is 30.3 Å². The van der Waals surface area contributed by atoms with Crippen molar-refractivity contribution in [2.45, 2.75) is 52.2 Å². The van der Waals surface area contributed by atoms with Crippen LogP contribution in [0.1, 0.15) is 39.7 Å². The fraction of sp³-hybridized carbons (Fsp3) is 0.562. The van der Waals surface area contributed by atoms with Crippen LogP contribution in [-0.4, -0.2) is 32.1 Å². The van der Waals surface area contributed by atoms with Gasteiger partial charge >= 0.3 is 6.09 Å². The van der Waals surface area contributed by atoms with Crippen LogP contribution < -0.4 is 5.32 Å². The molecule has 0 aliphatic rings. The van der Waals surface area contributed by atoms with Gasteiger partial charge in [0.1, 0.15) is 11.5 Å². The lowest BCUT2D eigenvalue weighted by Crippen LogP contribution is -2.37. The van der Waals surface area contributed by atoms with Gasteiger partial charge in [-0.1, -0.05) is 37.3 Å². The smallest absolute Gasteiger partial charge is 0.408 e. The Hall–Kier alpha value is -1.60. The molecular formula is C16H25NO5S. The number of carbonyl (C=O) groups excluding carboxylic acids is 1. The van der Waals surface area contributed by atoms with E-state index >= 15 is 0 Å². The predicted molar refractivity (Wildman–Crippen MR) is 88.5 cm³/mol. The molecule has 0 saturated heterocycles. The maximum absolute atomic E-state index is 12.0. The molecule has 1 amide bonds. The summed E-state index contributed by atoms with van der Waals surface area (Å²) in [5.41, 5.74) is 0.309. The second-order valence-corrected chi connectivity index (χ2v) is 7.79. The van der Waals surface area contributed by atoms with Crippen molar-refractivity contribution < 1.29 is 22.1 Å². The summed E-state index contributed by atoms with van der Waals surface area (Å²) in [6, 6.07) is 9.50. The average molecular weight is 343 g/mol. The topological polar surface area (TPSA) is 81.7 Å². The predicted octanol–water partition coefficient (Wildman–Crippen LogP) is 2.84. The van der Waals surface area contributed by atoms with Crippen molar-refractivity contribution in [1.82, 2.24) is 5.32 Å². The van der Waals surface area contributed by atoms with Crippen molar-refractivity contribution in [3.63, 3.8) is 0 Å². The van der Waals surface area contributed by atoms with E-state index in [0.29, 0.717) is 12.8 Å². The van der Waals surface area contributed by atoms with Gasteiger partial charge in [0.25, 0.3) is 10.1 Å². The molecule has 130 valence electrons. The third-order valence-corrected chi connectivity index (χ3v) is 3.90. The molecule has 0 aliphatic carbocycles. The molecule has 0 unspecified atom stereocenters. The number of benzene rings is 1. The molecule has 7 heteroatoms. The molecule has 0 aromatic heterocycles. The molecule has 0 heterocycles. The van der Waals surface area contributed by atoms with E-state index in [-0.39, 0.29) is 0 Å². The van der Waals surface area contributed by atoms with Crippen LogP contribution in [0.2, 0.25) is 0 Å². The summed E-state index contributed by atoms with van der Waals surface area (Å²) in [4.78, 5) is 11.5. The van der Waals surface area contributed by atoms with Gasteiger partial charge in [-0.3, -0.25) is 4.18 Å². The molecule has 1 N–H and O–H groups in total. The maximum atomic E-state index is 12.0. The molecule has 0 spiro atoms. The van der Waals surface area contributed by atoms with Gasteiger partial charge in [0.15, 0.2) is 0 Å². The van der Waals surface area contributed by atoms with E-state index in [4.69, 9.17) is 8.92 Å². The minimum Gasteiger partial charge on any atom is -0.444 e. The third kappa shape index (κ3) is 8.56. The molecular weight excluding hydrogens is 318 g/mol. The Morgan fingerprint density at radius 2 is 1.83 bits per heavy atom. The molecule has 0 aliphatic heterocycles. The number of alkyl carbamates (subject to hydrolysis) is 1. The molecule has 6 nitrogen and oxygen atoms in total. The first-order valence-corrected chi connectivity index (χ1v) is 9.11. The Morgan fingerprint density at radius 3 is 2.35 bits per heavy atom. The highest BCUT2D eigenvalue weighted by atomic mass is 32.2. The summed E-state index contributed by atoms with van der Waals surface area (Å²) < 4.78 is 34.1. The van der Waals surface area contributed by atoms with Crippen LogP contribution in [0, 0.1) is 0 Å². The van der Waals surface area contributed by atoms with E-state index in [1.54, 1.807) is 20.8 Å². The van der Waals surface area contributed by atoms with E-state index in [1.807, 2.05) is 37.3 Å². The average Bonchev–Trinajstić information content (AvgIpc) is 2.44. The van der Waals surface area contributed by atoms with Crippen LogP contribution in [0.3, 0.4) is 0 Å². The molecule has 1 aromatic carbocycles. The number of carbonyl (C=O) groups is 1. The van der Waals surface area contributed by atoms with Crippen LogP contribution in [-0.2, 0) is 25.5 Å². The van der Waals surface area contributed by atoms with Gasteiger partial charge in [-0.2, -0.15) is 8.42 Å². The number of ether oxygens (including phenoxy) is 1. The Kier molecular flexibility index (Phi) is 7.02. The van der Waals surface area contributed by atoms with Gasteiger partial charge in [-0.15, -0.1) is 0 Å². The lowest BCUT2D eigenvalue weighted by atomic mass is 10.1. The zero-order valence-electron chi connectivity index (χ0n) is 14.0. The van der Waals surface area contributed by atoms with Crippen molar-refractivity contribution in [3.8, 4) is 0 Å². The molecule has 0 radical (unpaired) electrons. The van der Waals surface area contributed by atoms with E-state index in [0.717, 1.165) is 5.56 Å². The summed E-state index contributed by atoms with van der Waals surface area (Å²) in [6.07, 6.45) is -0.229. The van der Waals surface area contributed by atoms with Crippen molar-refractivity contribution in [2.24, 2.45) is 0 Å². The van der Waals surface area contributed by atoms with Crippen LogP contribution in [0.5, 0.6) is 0 Å². The van der Waals surface area contributed by atoms with Gasteiger partial charge in [0.05, 0.1) is 6.10 Å². The van der Waals surface area contributed by atoms with Gasteiger partial charge in [-0.25, -0.2) is 4.79 Å². The van der Waals surface area contributed by atoms with Gasteiger partial charge in [-0.05, 0) is 32.8 Å². The molecule has 0 fully saturated rings. The quantitative estimate of drug-likeness (QED) is 0.770. The number of hydrogen-bond donors (Lipinski definition) is 1. The standard InChI is InChI=1S/C16H25NO5S/c1-5-14(11-13-9-7-6-8-10-13)22-23(19,20)12-17-15(18)21-16(2,3)4/h6-10,14H,5,11-12H2,1-4H3,(H,17,18)/t14-/m0/s1. The Morgan fingerprint density at radius 1 is 1.22 bits per heavy atom. The van der Waals surface area contributed by atoms with E-state index in [2.05, 4.69) is 5.32 Å². The lowest BCUT2D eigenvalue weighted by Gasteiger charge is -2.20. The molecule has 1 atom stereocenters. The minimum atomic E-state index is -3.88. The number of amides is 1. The summed E-state index contributed by atoms with van der Waals surface area (Å²) in [5.74, 6) is -0.618. The Labute approximate surface area is 138 Å². The molecule has 23 heavy (non-hydrogen) atoms. The second kappa shape index (κ2) is 8.31. The highest BCUT2D eigenvalue weighted by Crippen LogP contribution is 2.12. The molecule has 1 rings (SSSR count). The molecule has 1 aromatic rings. The van der Waals surface area contributed by atoms with Crippen LogP contribution in [0.4, 0.5) is 4.79 Å². The van der Waals surface area contributed by atoms with Gasteiger partial charge in [0.2, 0.25) is 0 Å². The number of hydrogen-bond acceptors (Lipinski definition) is 5. The van der Waals surface area contributed by atoms with E-state index < -0.39 is 33.8 Å². The summed E-state index contributed by atoms with van der Waals surface area (Å²) in [7, 11) is -3.88. The monoisotopic (exact) mass is 343 g/mol. The van der Waals surface area contributed by atoms with Crippen molar-refractivity contribution in [2.75, 3.05) is 5.88 Å². The summed E-state index contributed by atoms with van der Waals surface area (Å²) in [5, 5.41) is 2.20. The van der Waals surface area contributed by atoms with Crippen molar-refractivity contribution in [3.05, 3.63) is 35.9 Å². The Balaban J connectivity index is 2.53. The second-order valence-electron chi connectivity index (χ2n) is 6.20. The summed E-state index contributed by atoms with van der Waals surface area (Å²) in [6.45, 7) is 6.95. The fourth-order valence-corrected chi connectivity index (χ4v) is 2.81. The zero-order valence-corrected chi connectivity index (χ0v) is 14.9. The SMILES string of the molecule is CC[C@@H](Cc1ccccc1)OS(=O)(=O)CNC(=O)OC(C)(C)C. The van der Waals surface area contributed by atoms with Gasteiger partial charge in [0, 0.05) is 6.42 Å². The van der Waals surface area contributed by atoms with Crippen molar-refractivity contribution >= 4 is 16.2 Å². The number of nitrogens with one attached hydrogen (secondary N) is 1. The molecule has 0 bridgehead atoms. The third-order valence-electron chi connectivity index (χ3n) is 2.84. The zero-order chi connectivity index (χ0) is 17.5. The highest BCUT2D eigenvalue weighted by Gasteiger charge is 2.22. The lowest BCUT2D eigenvalue weighted by molar-refractivity contribution is 0.0534. The highest BCUT2D eigenvalue weighted by molar-refractivity contribution is 7.86. The first kappa shape index (κ1) is 19.4. The van der Waals surface area contributed by atoms with Crippen molar-refractivity contribution in [1.29, 1.82) is 0 Å². The van der Waals surface area contributed by atoms with E-state index in [9.17, 15) is 13.2 Å². The minimum absolute atomic E-state index is 0.470. The van der Waals surface area contributed by atoms with Crippen LogP contribution >= 0.6 is 0 Å². The van der Waals surface area contributed by atoms with E-state index in [1.165, 1.54) is 0 Å². The maximum Gasteiger partial charge on any atom is 0.408 e. The Bertz CT molecular complexity index is 593. The first-order valence-electron chi connectivity index (χ1n) is 7.53. The van der Waals surface area contributed by atoms with Gasteiger partial charge < -0.3 is 10.1 Å². The normalized spacial score (nSPS) is 13.4.